The first kappa shape index (κ1) is 57.9. The number of phenolic OH excluding ortho intramolecular Hbond substituents is 2. The van der Waals surface area contributed by atoms with E-state index in [0.29, 0.717) is 29.5 Å². The zero-order valence-electron chi connectivity index (χ0n) is 38.1. The minimum Gasteiger partial charge on any atom is -0.506 e. The Balaban J connectivity index is 0.00000937. The average molecular weight is 1180 g/mol. The molecule has 10 N–H and O–H groups in total. The second kappa shape index (κ2) is 25.5. The van der Waals surface area contributed by atoms with E-state index in [0.717, 1.165) is 30.3 Å². The fraction of sp³-hybridized carbons (Fsp3) is 0.128. The molecule has 37 heteroatoms. The first-order valence-electron chi connectivity index (χ1n) is 20.2. The molecule has 2 aromatic heterocycles. The SMILES string of the molecule is COc1cc(N=Nc2cc(S(=O)(=O)O)ccc2O)c(N=Nc2c(SOOO)cc3cc(Nc4nc(F)nc(NC(C)CNc5nc(F)nc(Nc6cc(S(=O)(=O)O)ccc6SOOO)n5)n4)ccc3c2O)cc1OC.[Cu]. The van der Waals surface area contributed by atoms with E-state index < -0.39 is 65.7 Å². The van der Waals surface area contributed by atoms with Gasteiger partial charge in [-0.3, -0.25) is 9.11 Å². The van der Waals surface area contributed by atoms with Gasteiger partial charge in [-0.15, -0.1) is 29.1 Å². The van der Waals surface area contributed by atoms with Gasteiger partial charge in [-0.1, -0.05) is 10.1 Å². The number of halogens is 2. The van der Waals surface area contributed by atoms with Crippen molar-refractivity contribution in [3.63, 3.8) is 0 Å². The third-order valence-corrected chi connectivity index (χ3v) is 12.5. The predicted octanol–water partition coefficient (Wildman–Crippen LogP) is 8.49. The van der Waals surface area contributed by atoms with E-state index in [1.165, 1.54) is 56.7 Å². The van der Waals surface area contributed by atoms with Crippen LogP contribution >= 0.6 is 24.1 Å². The molecule has 1 unspecified atom stereocenters. The molecule has 7 rings (SSSR count). The first-order valence-corrected chi connectivity index (χ1v) is 24.6. The second-order valence-electron chi connectivity index (χ2n) is 14.5. The van der Waals surface area contributed by atoms with Gasteiger partial charge in [-0.2, -0.15) is 55.5 Å². The van der Waals surface area contributed by atoms with Crippen molar-refractivity contribution in [1.82, 2.24) is 29.9 Å². The molecule has 0 spiro atoms. The molecular formula is C39H34CuF2N14O16S4. The fourth-order valence-electron chi connectivity index (χ4n) is 6.23. The number of ether oxygens (including phenoxy) is 2. The summed E-state index contributed by atoms with van der Waals surface area (Å²) < 4.78 is 115. The molecule has 405 valence electrons. The van der Waals surface area contributed by atoms with Crippen LogP contribution in [0, 0.1) is 12.2 Å². The Kier molecular flexibility index (Phi) is 19.4. The zero-order chi connectivity index (χ0) is 54.0. The van der Waals surface area contributed by atoms with E-state index in [1.807, 2.05) is 0 Å². The number of methoxy groups -OCH3 is 2. The molecule has 0 aliphatic carbocycles. The zero-order valence-corrected chi connectivity index (χ0v) is 42.3. The predicted molar refractivity (Wildman–Crippen MR) is 257 cm³/mol. The number of fused-ring (bicyclic) bond motifs is 1. The number of benzene rings is 5. The Labute approximate surface area is 444 Å². The standard InChI is InChI=1S/C39H34F2N14O16S4.Cu/c1-17(16-42-36-46-34(40)49-39(50-36)45-26-13-21(75(63,64)65)6-9-30(26)72-70-68-58)43-37-47-35(41)48-38(51-37)44-19-4-7-22-18(10-19)11-31(73-71-69-59)32(33(22)57)55-53-24-15-29(67-3)28(66-2)14-23(24)52-54-25-12-20(74(60,61)62)5-8-27(25)56;/h4-15,17,56-59H,16H2,1-3H3,(H,60,61,62)(H,63,64,65)(H2,42,45,46,49,50)(H2,43,44,47,48,51);. The van der Waals surface area contributed by atoms with Crippen molar-refractivity contribution in [2.75, 3.05) is 42.0 Å². The number of aromatic nitrogens is 6. The van der Waals surface area contributed by atoms with Crippen molar-refractivity contribution in [3.8, 4) is 23.0 Å². The second-order valence-corrected chi connectivity index (χ2v) is 18.8. The van der Waals surface area contributed by atoms with E-state index in [2.05, 4.69) is 90.4 Å². The Hall–Kier alpha value is -7.36. The molecule has 0 aliphatic heterocycles. The fourth-order valence-corrected chi connectivity index (χ4v) is 8.16. The van der Waals surface area contributed by atoms with Crippen LogP contribution in [-0.2, 0) is 56.0 Å². The summed E-state index contributed by atoms with van der Waals surface area (Å²) in [6.07, 6.45) is -2.47. The van der Waals surface area contributed by atoms with Crippen LogP contribution < -0.4 is 30.7 Å². The van der Waals surface area contributed by atoms with E-state index in [-0.39, 0.29) is 102 Å². The van der Waals surface area contributed by atoms with Crippen LogP contribution in [0.3, 0.4) is 0 Å². The van der Waals surface area contributed by atoms with Gasteiger partial charge in [-0.25, -0.2) is 10.5 Å². The van der Waals surface area contributed by atoms with Crippen molar-refractivity contribution in [2.24, 2.45) is 20.5 Å². The molecule has 7 aromatic rings. The van der Waals surface area contributed by atoms with Crippen molar-refractivity contribution in [2.45, 2.75) is 32.5 Å². The maximum absolute atomic E-state index is 14.8. The van der Waals surface area contributed by atoms with Gasteiger partial charge in [0.25, 0.3) is 20.2 Å². The molecule has 1 atom stereocenters. The molecule has 0 amide bonds. The maximum atomic E-state index is 14.8. The van der Waals surface area contributed by atoms with Gasteiger partial charge in [0.1, 0.15) is 28.5 Å². The summed E-state index contributed by atoms with van der Waals surface area (Å²) in [6, 6.07) is 13.8. The minimum atomic E-state index is -4.69. The molecule has 0 fully saturated rings. The summed E-state index contributed by atoms with van der Waals surface area (Å²) in [4.78, 5) is 21.7. The van der Waals surface area contributed by atoms with Gasteiger partial charge >= 0.3 is 12.2 Å². The summed E-state index contributed by atoms with van der Waals surface area (Å²) in [5, 5.41) is 74.7. The van der Waals surface area contributed by atoms with Crippen LogP contribution in [-0.4, -0.2) is 103 Å². The van der Waals surface area contributed by atoms with Gasteiger partial charge in [0.05, 0.1) is 63.6 Å². The summed E-state index contributed by atoms with van der Waals surface area (Å²) in [5.41, 5.74) is -0.570. The number of phenols is 2. The number of nitrogens with zero attached hydrogens (tertiary/aromatic N) is 10. The minimum absolute atomic E-state index is 0. The van der Waals surface area contributed by atoms with Gasteiger partial charge < -0.3 is 41.0 Å². The normalized spacial score (nSPS) is 12.2. The van der Waals surface area contributed by atoms with Crippen molar-refractivity contribution in [3.05, 3.63) is 85.0 Å². The Morgan fingerprint density at radius 3 is 1.83 bits per heavy atom. The van der Waals surface area contributed by atoms with Crippen LogP contribution in [0.4, 0.5) is 66.7 Å². The van der Waals surface area contributed by atoms with E-state index in [9.17, 15) is 44.9 Å². The van der Waals surface area contributed by atoms with Gasteiger partial charge in [0.15, 0.2) is 17.2 Å². The third kappa shape index (κ3) is 14.9. The van der Waals surface area contributed by atoms with E-state index in [1.54, 1.807) is 6.92 Å². The van der Waals surface area contributed by atoms with Crippen LogP contribution in [0.15, 0.2) is 113 Å². The van der Waals surface area contributed by atoms with Crippen LogP contribution in [0.25, 0.3) is 10.8 Å². The number of nitrogens with one attached hydrogen (secondary N) is 4. The van der Waals surface area contributed by atoms with Crippen molar-refractivity contribution >= 4 is 113 Å². The summed E-state index contributed by atoms with van der Waals surface area (Å²) in [6.45, 7) is 1.55. The van der Waals surface area contributed by atoms with E-state index >= 15 is 0 Å². The van der Waals surface area contributed by atoms with Gasteiger partial charge in [0.2, 0.25) is 23.8 Å². The van der Waals surface area contributed by atoms with E-state index in [4.69, 9.17) is 20.0 Å². The molecule has 0 saturated heterocycles. The number of anilines is 6. The third-order valence-electron chi connectivity index (χ3n) is 9.52. The quantitative estimate of drug-likeness (QED) is 0.00716. The van der Waals surface area contributed by atoms with Gasteiger partial charge in [-0.05, 0) is 73.0 Å². The molecule has 30 nitrogen and oxygen atoms in total. The Morgan fingerprint density at radius 1 is 0.645 bits per heavy atom. The molecule has 0 aliphatic rings. The van der Waals surface area contributed by atoms with Crippen LogP contribution in [0.5, 0.6) is 23.0 Å². The maximum Gasteiger partial charge on any atom is 0.315 e. The van der Waals surface area contributed by atoms with Crippen LogP contribution in [0.1, 0.15) is 6.92 Å². The Bertz CT molecular complexity index is 3570. The summed E-state index contributed by atoms with van der Waals surface area (Å²) >= 11 is 0.821. The molecule has 5 aromatic carbocycles. The van der Waals surface area contributed by atoms with Gasteiger partial charge in [0, 0.05) is 52.9 Å². The summed E-state index contributed by atoms with van der Waals surface area (Å²) in [5.74, 6) is -1.94. The van der Waals surface area contributed by atoms with Crippen LogP contribution in [0.2, 0.25) is 0 Å². The Morgan fingerprint density at radius 2 is 1.20 bits per heavy atom. The van der Waals surface area contributed by atoms with Crippen molar-refractivity contribution in [1.29, 1.82) is 0 Å². The smallest absolute Gasteiger partial charge is 0.315 e. The number of aromatic hydroxyl groups is 2. The molecule has 1 radical (unpaired) electrons. The average Bonchev–Trinajstić information content (AvgIpc) is 3.35. The molecule has 0 bridgehead atoms. The topological polar surface area (TPSA) is 420 Å². The molecule has 2 heterocycles. The number of hydrogen-bond donors (Lipinski definition) is 10. The molecular weight excluding hydrogens is 1150 g/mol. The molecule has 0 saturated carbocycles. The number of azo groups is 2. The summed E-state index contributed by atoms with van der Waals surface area (Å²) in [7, 11) is -6.69. The number of hydrogen-bond acceptors (Lipinski definition) is 30. The number of rotatable bonds is 23. The largest absolute Gasteiger partial charge is 0.506 e. The van der Waals surface area contributed by atoms with Crippen molar-refractivity contribution < 1.29 is 101 Å². The monoisotopic (exact) mass is 1180 g/mol. The molecule has 76 heavy (non-hydrogen) atoms. The first-order chi connectivity index (χ1) is 35.7.